The molecule has 1 heterocycles. The number of carboxylic acids is 1. The van der Waals surface area contributed by atoms with Crippen molar-refractivity contribution in [2.45, 2.75) is 25.7 Å². The van der Waals surface area contributed by atoms with Crippen molar-refractivity contribution in [3.63, 3.8) is 0 Å². The summed E-state index contributed by atoms with van der Waals surface area (Å²) in [6, 6.07) is 0. The Kier molecular flexibility index (Phi) is 4.72. The molecule has 1 atom stereocenters. The number of carboxylic acid groups (broad SMARTS) is 1. The van der Waals surface area contributed by atoms with Crippen molar-refractivity contribution in [1.82, 2.24) is 0 Å². The molecule has 1 aliphatic rings. The van der Waals surface area contributed by atoms with Crippen molar-refractivity contribution >= 4 is 5.97 Å². The van der Waals surface area contributed by atoms with E-state index in [0.29, 0.717) is 0 Å². The normalized spacial score (nSPS) is 27.6. The molecule has 0 saturated carbocycles. The van der Waals surface area contributed by atoms with Gasteiger partial charge in [0.1, 0.15) is 6.10 Å². The molecule has 0 radical (unpaired) electrons. The molecular formula is C6H9KO4. The molecule has 0 amide bonds. The molecule has 58 valence electrons. The predicted octanol–water partition coefficient (Wildman–Crippen LogP) is -4.11. The van der Waals surface area contributed by atoms with Crippen LogP contribution in [0, 0.1) is 0 Å². The minimum absolute atomic E-state index is 0. The van der Waals surface area contributed by atoms with Crippen molar-refractivity contribution in [1.29, 1.82) is 0 Å². The Morgan fingerprint density at radius 1 is 1.64 bits per heavy atom. The Labute approximate surface area is 108 Å². The second-order valence-electron chi connectivity index (χ2n) is 2.64. The zero-order valence-corrected chi connectivity index (χ0v) is 10.0. The number of carbonyl (C=O) groups is 1. The van der Waals surface area contributed by atoms with Gasteiger partial charge in [-0.15, -0.1) is 0 Å². The van der Waals surface area contributed by atoms with E-state index in [1.165, 1.54) is 0 Å². The van der Waals surface area contributed by atoms with E-state index in [0.717, 1.165) is 0 Å². The molecule has 1 saturated heterocycles. The maximum absolute atomic E-state index is 10.2. The monoisotopic (exact) mass is 184 g/mol. The van der Waals surface area contributed by atoms with E-state index < -0.39 is 17.9 Å². The number of ether oxygens (including phenoxy) is 2. The van der Waals surface area contributed by atoms with E-state index in [9.17, 15) is 9.90 Å². The van der Waals surface area contributed by atoms with Crippen LogP contribution in [0.15, 0.2) is 0 Å². The quantitative estimate of drug-likeness (QED) is 0.389. The number of carbonyl (C=O) groups excluding carboxylic acids is 1. The molecule has 0 aromatic carbocycles. The summed E-state index contributed by atoms with van der Waals surface area (Å²) in [5.74, 6) is -1.99. The van der Waals surface area contributed by atoms with Gasteiger partial charge in [0.15, 0.2) is 5.79 Å². The Morgan fingerprint density at radius 3 is 2.36 bits per heavy atom. The second-order valence-corrected chi connectivity index (χ2v) is 2.64. The van der Waals surface area contributed by atoms with Crippen LogP contribution in [0.25, 0.3) is 0 Å². The molecule has 1 rings (SSSR count). The molecule has 5 heteroatoms. The number of hydrogen-bond donors (Lipinski definition) is 0. The summed E-state index contributed by atoms with van der Waals surface area (Å²) in [6.45, 7) is 3.40. The summed E-state index contributed by atoms with van der Waals surface area (Å²) in [5, 5.41) is 10.2. The minimum atomic E-state index is -1.22. The van der Waals surface area contributed by atoms with Gasteiger partial charge in [-0.1, -0.05) is 0 Å². The maximum atomic E-state index is 10.2. The molecule has 4 nitrogen and oxygen atoms in total. The smallest absolute Gasteiger partial charge is 0.547 e. The number of rotatable bonds is 1. The van der Waals surface area contributed by atoms with Crippen molar-refractivity contribution in [3.05, 3.63) is 0 Å². The zero-order chi connectivity index (χ0) is 7.78. The van der Waals surface area contributed by atoms with Crippen LogP contribution in [0.5, 0.6) is 0 Å². The van der Waals surface area contributed by atoms with Crippen LogP contribution in [0.4, 0.5) is 0 Å². The van der Waals surface area contributed by atoms with E-state index in [1.807, 2.05) is 0 Å². The van der Waals surface area contributed by atoms with Gasteiger partial charge in [-0.3, -0.25) is 0 Å². The molecule has 0 bridgehead atoms. The van der Waals surface area contributed by atoms with Gasteiger partial charge in [-0.05, 0) is 13.8 Å². The van der Waals surface area contributed by atoms with Crippen molar-refractivity contribution < 1.29 is 70.8 Å². The molecule has 0 spiro atoms. The molecule has 0 N–H and O–H groups in total. The Morgan fingerprint density at radius 2 is 2.18 bits per heavy atom. The molecule has 11 heavy (non-hydrogen) atoms. The standard InChI is InChI=1S/C6H10O4.K/c1-6(2)9-3-4(10-6)5(7)8;/h4H,3H2,1-2H3,(H,7,8);/q;+1/p-1/t4-;/m1./s1. The summed E-state index contributed by atoms with van der Waals surface area (Å²) in [7, 11) is 0. The topological polar surface area (TPSA) is 58.6 Å². The SMILES string of the molecule is CC1(C)OC[C@H](C(=O)[O-])O1.[K+]. The van der Waals surface area contributed by atoms with Crippen LogP contribution in [-0.2, 0) is 14.3 Å². The Balaban J connectivity index is 0.000001000. The Hall–Kier alpha value is 1.03. The van der Waals surface area contributed by atoms with Crippen molar-refractivity contribution in [3.8, 4) is 0 Å². The fourth-order valence-corrected chi connectivity index (χ4v) is 0.803. The summed E-state index contributed by atoms with van der Waals surface area (Å²) < 4.78 is 9.90. The third-order valence-electron chi connectivity index (χ3n) is 1.27. The van der Waals surface area contributed by atoms with Crippen LogP contribution in [0.2, 0.25) is 0 Å². The van der Waals surface area contributed by atoms with E-state index in [-0.39, 0.29) is 58.0 Å². The summed E-state index contributed by atoms with van der Waals surface area (Å²) in [5.41, 5.74) is 0. The van der Waals surface area contributed by atoms with E-state index in [2.05, 4.69) is 0 Å². The van der Waals surface area contributed by atoms with Gasteiger partial charge in [0.25, 0.3) is 0 Å². The third kappa shape index (κ3) is 3.50. The van der Waals surface area contributed by atoms with Crippen molar-refractivity contribution in [2.75, 3.05) is 6.61 Å². The van der Waals surface area contributed by atoms with Crippen LogP contribution in [0.3, 0.4) is 0 Å². The van der Waals surface area contributed by atoms with Gasteiger partial charge in [-0.25, -0.2) is 0 Å². The first-order valence-electron chi connectivity index (χ1n) is 3.04. The predicted molar refractivity (Wildman–Crippen MR) is 29.9 cm³/mol. The van der Waals surface area contributed by atoms with Crippen LogP contribution in [0.1, 0.15) is 13.8 Å². The average molecular weight is 184 g/mol. The summed E-state index contributed by atoms with van der Waals surface area (Å²) in [6.07, 6.45) is -0.907. The van der Waals surface area contributed by atoms with Crippen LogP contribution in [-0.4, -0.2) is 24.5 Å². The molecule has 0 aromatic heterocycles. The molecular weight excluding hydrogens is 175 g/mol. The van der Waals surface area contributed by atoms with Gasteiger partial charge in [-0.2, -0.15) is 0 Å². The first kappa shape index (κ1) is 12.0. The van der Waals surface area contributed by atoms with Crippen molar-refractivity contribution in [2.24, 2.45) is 0 Å². The zero-order valence-electron chi connectivity index (χ0n) is 6.92. The first-order valence-corrected chi connectivity index (χ1v) is 3.04. The van der Waals surface area contributed by atoms with Gasteiger partial charge < -0.3 is 19.4 Å². The van der Waals surface area contributed by atoms with Gasteiger partial charge in [0.2, 0.25) is 0 Å². The first-order chi connectivity index (χ1) is 4.51. The molecule has 1 aliphatic heterocycles. The number of hydrogen-bond acceptors (Lipinski definition) is 4. The number of aliphatic carboxylic acids is 1. The van der Waals surface area contributed by atoms with Gasteiger partial charge in [0.05, 0.1) is 12.6 Å². The fourth-order valence-electron chi connectivity index (χ4n) is 0.803. The second kappa shape index (κ2) is 4.32. The Bertz CT molecular complexity index is 157. The molecule has 0 aliphatic carbocycles. The van der Waals surface area contributed by atoms with Crippen LogP contribution < -0.4 is 56.5 Å². The van der Waals surface area contributed by atoms with Crippen LogP contribution >= 0.6 is 0 Å². The van der Waals surface area contributed by atoms with E-state index >= 15 is 0 Å². The largest absolute Gasteiger partial charge is 1.00 e. The molecule has 1 fully saturated rings. The minimum Gasteiger partial charge on any atom is -0.547 e. The average Bonchev–Trinajstić information content (AvgIpc) is 2.10. The van der Waals surface area contributed by atoms with Gasteiger partial charge >= 0.3 is 51.4 Å². The summed E-state index contributed by atoms with van der Waals surface area (Å²) in [4.78, 5) is 10.2. The van der Waals surface area contributed by atoms with E-state index in [4.69, 9.17) is 9.47 Å². The van der Waals surface area contributed by atoms with Gasteiger partial charge in [0, 0.05) is 0 Å². The maximum Gasteiger partial charge on any atom is 1.00 e. The fraction of sp³-hybridized carbons (Fsp3) is 0.833. The van der Waals surface area contributed by atoms with E-state index in [1.54, 1.807) is 13.8 Å². The molecule has 0 aromatic rings. The summed E-state index contributed by atoms with van der Waals surface area (Å²) >= 11 is 0. The molecule has 0 unspecified atom stereocenters. The third-order valence-corrected chi connectivity index (χ3v) is 1.27.